The maximum atomic E-state index is 13.6. The molecule has 1 aliphatic heterocycles. The van der Waals surface area contributed by atoms with E-state index in [0.29, 0.717) is 18.1 Å². The van der Waals surface area contributed by atoms with Crippen LogP contribution in [-0.2, 0) is 0 Å². The first-order chi connectivity index (χ1) is 9.65. The van der Waals surface area contributed by atoms with Gasteiger partial charge < -0.3 is 4.90 Å². The van der Waals surface area contributed by atoms with Crippen molar-refractivity contribution in [2.75, 3.05) is 13.1 Å². The fraction of sp³-hybridized carbons (Fsp3) is 0.308. The molecule has 3 heterocycles. The zero-order valence-electron chi connectivity index (χ0n) is 10.5. The maximum Gasteiger partial charge on any atom is 0.257 e. The summed E-state index contributed by atoms with van der Waals surface area (Å²) in [5.74, 6) is -0.909. The lowest BCUT2D eigenvalue weighted by Gasteiger charge is -2.16. The first kappa shape index (κ1) is 13.1. The molecular formula is C13H12ClFN4O. The highest BCUT2D eigenvalue weighted by molar-refractivity contribution is 6.30. The van der Waals surface area contributed by atoms with Crippen molar-refractivity contribution in [3.63, 3.8) is 0 Å². The number of aromatic nitrogens is 3. The Morgan fingerprint density at radius 1 is 1.45 bits per heavy atom. The molecule has 1 unspecified atom stereocenters. The van der Waals surface area contributed by atoms with E-state index in [0.717, 1.165) is 12.6 Å². The summed E-state index contributed by atoms with van der Waals surface area (Å²) >= 11 is 5.83. The summed E-state index contributed by atoms with van der Waals surface area (Å²) < 4.78 is 15.3. The summed E-state index contributed by atoms with van der Waals surface area (Å²) in [6.07, 6.45) is 6.53. The van der Waals surface area contributed by atoms with Gasteiger partial charge in [0.05, 0.1) is 29.0 Å². The molecule has 1 amide bonds. The van der Waals surface area contributed by atoms with E-state index in [1.807, 2.05) is 0 Å². The molecule has 0 saturated carbocycles. The number of halogens is 2. The third kappa shape index (κ3) is 2.38. The summed E-state index contributed by atoms with van der Waals surface area (Å²) in [6.45, 7) is 1.07. The van der Waals surface area contributed by atoms with Crippen LogP contribution in [0.3, 0.4) is 0 Å². The topological polar surface area (TPSA) is 51.0 Å². The Morgan fingerprint density at radius 2 is 2.30 bits per heavy atom. The number of pyridine rings is 1. The number of amides is 1. The Bertz CT molecular complexity index is 645. The van der Waals surface area contributed by atoms with Crippen LogP contribution in [-0.4, -0.2) is 38.7 Å². The molecule has 7 heteroatoms. The van der Waals surface area contributed by atoms with Crippen molar-refractivity contribution in [3.8, 4) is 0 Å². The van der Waals surface area contributed by atoms with Gasteiger partial charge >= 0.3 is 0 Å². The molecule has 2 aromatic rings. The highest BCUT2D eigenvalue weighted by Crippen LogP contribution is 2.24. The van der Waals surface area contributed by atoms with Crippen molar-refractivity contribution in [2.24, 2.45) is 0 Å². The van der Waals surface area contributed by atoms with Gasteiger partial charge in [-0.3, -0.25) is 14.5 Å². The van der Waals surface area contributed by atoms with Gasteiger partial charge in [-0.2, -0.15) is 5.10 Å². The molecule has 0 aromatic carbocycles. The largest absolute Gasteiger partial charge is 0.336 e. The van der Waals surface area contributed by atoms with E-state index in [9.17, 15) is 9.18 Å². The molecule has 104 valence electrons. The Balaban J connectivity index is 1.74. The second-order valence-corrected chi connectivity index (χ2v) is 5.12. The Hall–Kier alpha value is -1.95. The molecule has 3 rings (SSSR count). The SMILES string of the molecule is O=C(c1ccncc1F)N1CCC(n2cc(Cl)cn2)C1. The Kier molecular flexibility index (Phi) is 3.40. The van der Waals surface area contributed by atoms with Gasteiger partial charge in [-0.25, -0.2) is 4.39 Å². The normalized spacial score (nSPS) is 18.5. The lowest BCUT2D eigenvalue weighted by molar-refractivity contribution is 0.0782. The van der Waals surface area contributed by atoms with Crippen molar-refractivity contribution in [3.05, 3.63) is 47.3 Å². The van der Waals surface area contributed by atoms with Crippen LogP contribution >= 0.6 is 11.6 Å². The van der Waals surface area contributed by atoms with E-state index in [4.69, 9.17) is 11.6 Å². The van der Waals surface area contributed by atoms with Crippen LogP contribution in [0.5, 0.6) is 0 Å². The minimum Gasteiger partial charge on any atom is -0.336 e. The summed E-state index contributed by atoms with van der Waals surface area (Å²) in [6, 6.07) is 1.48. The van der Waals surface area contributed by atoms with E-state index in [1.54, 1.807) is 22.0 Å². The van der Waals surface area contributed by atoms with E-state index >= 15 is 0 Å². The van der Waals surface area contributed by atoms with E-state index in [2.05, 4.69) is 10.1 Å². The van der Waals surface area contributed by atoms with Gasteiger partial charge in [0.25, 0.3) is 5.91 Å². The molecule has 0 N–H and O–H groups in total. The minimum atomic E-state index is -0.594. The monoisotopic (exact) mass is 294 g/mol. The number of carbonyl (C=O) groups excluding carboxylic acids is 1. The van der Waals surface area contributed by atoms with Crippen molar-refractivity contribution in [1.82, 2.24) is 19.7 Å². The lowest BCUT2D eigenvalue weighted by Crippen LogP contribution is -2.30. The van der Waals surface area contributed by atoms with Crippen LogP contribution in [0.15, 0.2) is 30.9 Å². The summed E-state index contributed by atoms with van der Waals surface area (Å²) in [5.41, 5.74) is 0.0548. The fourth-order valence-electron chi connectivity index (χ4n) is 2.38. The third-order valence-corrected chi connectivity index (χ3v) is 3.59. The second kappa shape index (κ2) is 5.20. The quantitative estimate of drug-likeness (QED) is 0.853. The highest BCUT2D eigenvalue weighted by atomic mass is 35.5. The molecule has 2 aromatic heterocycles. The average molecular weight is 295 g/mol. The molecule has 0 bridgehead atoms. The first-order valence-electron chi connectivity index (χ1n) is 6.23. The lowest BCUT2D eigenvalue weighted by atomic mass is 10.2. The summed E-state index contributed by atoms with van der Waals surface area (Å²) in [7, 11) is 0. The van der Waals surface area contributed by atoms with Crippen molar-refractivity contribution in [2.45, 2.75) is 12.5 Å². The molecule has 1 saturated heterocycles. The molecule has 5 nitrogen and oxygen atoms in total. The molecule has 0 radical (unpaired) electrons. The number of hydrogen-bond acceptors (Lipinski definition) is 3. The van der Waals surface area contributed by atoms with Crippen molar-refractivity contribution >= 4 is 17.5 Å². The number of nitrogens with zero attached hydrogens (tertiary/aromatic N) is 4. The fourth-order valence-corrected chi connectivity index (χ4v) is 2.52. The predicted octanol–water partition coefficient (Wildman–Crippen LogP) is 2.16. The van der Waals surface area contributed by atoms with Gasteiger partial charge in [-0.1, -0.05) is 11.6 Å². The Labute approximate surface area is 120 Å². The highest BCUT2D eigenvalue weighted by Gasteiger charge is 2.29. The maximum absolute atomic E-state index is 13.6. The molecule has 0 aliphatic carbocycles. The average Bonchev–Trinajstić information content (AvgIpc) is 3.07. The molecule has 1 aliphatic rings. The van der Waals surface area contributed by atoms with E-state index in [-0.39, 0.29) is 17.5 Å². The predicted molar refractivity (Wildman–Crippen MR) is 71.0 cm³/mol. The van der Waals surface area contributed by atoms with Crippen LogP contribution in [0, 0.1) is 5.82 Å². The minimum absolute atomic E-state index is 0.0548. The first-order valence-corrected chi connectivity index (χ1v) is 6.61. The second-order valence-electron chi connectivity index (χ2n) is 4.69. The standard InChI is InChI=1S/C13H12ClFN4O/c14-9-5-17-19(7-9)10-2-4-18(8-10)13(20)11-1-3-16-6-12(11)15/h1,3,5-7,10H,2,4,8H2. The summed E-state index contributed by atoms with van der Waals surface area (Å²) in [5, 5.41) is 4.71. The third-order valence-electron chi connectivity index (χ3n) is 3.40. The van der Waals surface area contributed by atoms with Crippen molar-refractivity contribution < 1.29 is 9.18 Å². The van der Waals surface area contributed by atoms with Crippen LogP contribution in [0.1, 0.15) is 22.8 Å². The zero-order valence-corrected chi connectivity index (χ0v) is 11.3. The van der Waals surface area contributed by atoms with Crippen LogP contribution in [0.25, 0.3) is 0 Å². The molecule has 1 fully saturated rings. The van der Waals surface area contributed by atoms with E-state index < -0.39 is 5.82 Å². The Morgan fingerprint density at radius 3 is 3.00 bits per heavy atom. The molecule has 20 heavy (non-hydrogen) atoms. The van der Waals surface area contributed by atoms with E-state index in [1.165, 1.54) is 12.3 Å². The van der Waals surface area contributed by atoms with Gasteiger partial charge in [0, 0.05) is 25.5 Å². The van der Waals surface area contributed by atoms with Crippen LogP contribution in [0.2, 0.25) is 5.02 Å². The van der Waals surface area contributed by atoms with Gasteiger partial charge in [0.15, 0.2) is 5.82 Å². The number of likely N-dealkylation sites (tertiary alicyclic amines) is 1. The van der Waals surface area contributed by atoms with Gasteiger partial charge in [0.1, 0.15) is 0 Å². The summed E-state index contributed by atoms with van der Waals surface area (Å²) in [4.78, 5) is 17.5. The van der Waals surface area contributed by atoms with Gasteiger partial charge in [-0.05, 0) is 12.5 Å². The molecule has 1 atom stereocenters. The number of hydrogen-bond donors (Lipinski definition) is 0. The molecular weight excluding hydrogens is 283 g/mol. The van der Waals surface area contributed by atoms with Gasteiger partial charge in [0.2, 0.25) is 0 Å². The smallest absolute Gasteiger partial charge is 0.257 e. The zero-order chi connectivity index (χ0) is 14.1. The van der Waals surface area contributed by atoms with Crippen LogP contribution < -0.4 is 0 Å². The molecule has 0 spiro atoms. The van der Waals surface area contributed by atoms with Crippen LogP contribution in [0.4, 0.5) is 4.39 Å². The number of rotatable bonds is 2. The van der Waals surface area contributed by atoms with Gasteiger partial charge in [-0.15, -0.1) is 0 Å². The van der Waals surface area contributed by atoms with Crippen molar-refractivity contribution in [1.29, 1.82) is 0 Å². The number of carbonyl (C=O) groups is 1.